The van der Waals surface area contributed by atoms with Crippen molar-refractivity contribution in [2.24, 2.45) is 0 Å². The lowest BCUT2D eigenvalue weighted by Gasteiger charge is -2.15. The van der Waals surface area contributed by atoms with E-state index in [0.29, 0.717) is 23.5 Å². The Kier molecular flexibility index (Phi) is 28.2. The third-order valence-electron chi connectivity index (χ3n) is 5.41. The van der Waals surface area contributed by atoms with Crippen LogP contribution in [-0.4, -0.2) is 80.4 Å². The molecule has 0 bridgehead atoms. The van der Waals surface area contributed by atoms with E-state index >= 15 is 0 Å². The average Bonchev–Trinajstić information content (AvgIpc) is 3.21. The quantitative estimate of drug-likeness (QED) is 0.0811. The number of rotatable bonds is 14. The number of aliphatic hydroxyl groups excluding tert-OH is 1. The lowest BCUT2D eigenvalue weighted by molar-refractivity contribution is -0.895. The van der Waals surface area contributed by atoms with Gasteiger partial charge in [0.05, 0.1) is 44.1 Å². The molecule has 0 atom stereocenters. The minimum absolute atomic E-state index is 0. The zero-order valence-electron chi connectivity index (χ0n) is 25.4. The molecule has 2 amide bonds. The van der Waals surface area contributed by atoms with E-state index in [-0.39, 0.29) is 42.2 Å². The van der Waals surface area contributed by atoms with Gasteiger partial charge in [0.1, 0.15) is 0 Å². The molecule has 9 nitrogen and oxygen atoms in total. The molecular weight excluding hydrogens is 712 g/mol. The molecule has 0 aromatic carbocycles. The highest BCUT2D eigenvalue weighted by atomic mass is 79.9. The minimum atomic E-state index is -3.20. The zero-order chi connectivity index (χ0) is 31.8. The summed E-state index contributed by atoms with van der Waals surface area (Å²) >= 11 is 6.29. The van der Waals surface area contributed by atoms with Crippen molar-refractivity contribution in [3.05, 3.63) is 76.2 Å². The summed E-state index contributed by atoms with van der Waals surface area (Å²) in [7, 11) is -3.20. The van der Waals surface area contributed by atoms with Crippen molar-refractivity contribution in [2.45, 2.75) is 34.6 Å². The fraction of sp³-hybridized carbons (Fsp3) is 0.448. The molecule has 0 saturated heterocycles. The smallest absolute Gasteiger partial charge is 0.255 e. The van der Waals surface area contributed by atoms with Gasteiger partial charge in [-0.2, -0.15) is 0 Å². The van der Waals surface area contributed by atoms with Crippen molar-refractivity contribution < 1.29 is 40.4 Å². The Balaban J connectivity index is -0.00000132. The lowest BCUT2D eigenvalue weighted by Crippen LogP contribution is -3.12. The van der Waals surface area contributed by atoms with Crippen molar-refractivity contribution in [1.29, 1.82) is 0 Å². The number of halogens is 3. The largest absolute Gasteiger partial charge is 1.00 e. The van der Waals surface area contributed by atoms with Crippen molar-refractivity contribution in [3.63, 3.8) is 0 Å². The van der Waals surface area contributed by atoms with Gasteiger partial charge in [0, 0.05) is 28.5 Å². The van der Waals surface area contributed by atoms with Gasteiger partial charge < -0.3 is 38.0 Å². The minimum Gasteiger partial charge on any atom is -1.00 e. The maximum Gasteiger partial charge on any atom is 0.255 e. The first-order chi connectivity index (χ1) is 19.4. The van der Waals surface area contributed by atoms with Gasteiger partial charge in [-0.1, -0.05) is 62.2 Å². The van der Waals surface area contributed by atoms with E-state index in [1.54, 1.807) is 19.1 Å². The van der Waals surface area contributed by atoms with Crippen molar-refractivity contribution >= 4 is 59.6 Å². The first kappa shape index (κ1) is 44.5. The number of carbonyl (C=O) groups is 2. The SMILES string of the molecule is Br/C=C/CBr.C/C=C/NC(=O)C(=C\c1[nH]c(C)c(C(=O)NCC[NH+](CC)CC)c1C)/C=C/CS(C)(=O)=O.C=CCO.[Cl-]. The number of sulfone groups is 1. The Bertz CT molecular complexity index is 1160. The molecule has 1 rings (SSSR count). The number of aromatic nitrogens is 1. The molecule has 42 heavy (non-hydrogen) atoms. The molecule has 0 radical (unpaired) electrons. The molecule has 13 heteroatoms. The van der Waals surface area contributed by atoms with Crippen molar-refractivity contribution in [2.75, 3.05) is 50.1 Å². The molecule has 0 spiro atoms. The van der Waals surface area contributed by atoms with Gasteiger partial charge in [0.2, 0.25) is 0 Å². The Morgan fingerprint density at radius 1 is 1.17 bits per heavy atom. The summed E-state index contributed by atoms with van der Waals surface area (Å²) in [5, 5.41) is 14.3. The second-order valence-corrected chi connectivity index (χ2v) is 12.0. The first-order valence-electron chi connectivity index (χ1n) is 13.2. The summed E-state index contributed by atoms with van der Waals surface area (Å²) in [6.45, 7) is 16.4. The van der Waals surface area contributed by atoms with E-state index in [9.17, 15) is 18.0 Å². The molecule has 0 saturated carbocycles. The summed E-state index contributed by atoms with van der Waals surface area (Å²) < 4.78 is 22.8. The molecule has 5 N–H and O–H groups in total. The fourth-order valence-corrected chi connectivity index (χ4v) is 4.60. The number of likely N-dealkylation sites (N-methyl/N-ethyl adjacent to an activating group) is 1. The molecular formula is C29H47Br2ClN4O5S. The van der Waals surface area contributed by atoms with Gasteiger partial charge in [-0.15, -0.1) is 6.58 Å². The number of nitrogens with one attached hydrogen (secondary N) is 4. The van der Waals surface area contributed by atoms with Gasteiger partial charge in [0.15, 0.2) is 9.84 Å². The molecule has 0 fully saturated rings. The Labute approximate surface area is 275 Å². The highest BCUT2D eigenvalue weighted by Gasteiger charge is 2.18. The number of H-pyrrole nitrogens is 1. The summed E-state index contributed by atoms with van der Waals surface area (Å²) in [4.78, 5) is 31.7. The Morgan fingerprint density at radius 3 is 2.19 bits per heavy atom. The van der Waals surface area contributed by atoms with Gasteiger partial charge in [-0.05, 0) is 57.4 Å². The van der Waals surface area contributed by atoms with Crippen LogP contribution in [-0.2, 0) is 14.6 Å². The van der Waals surface area contributed by atoms with Crippen LogP contribution in [0.25, 0.3) is 6.08 Å². The second kappa shape index (κ2) is 26.7. The molecule has 0 aliphatic rings. The van der Waals surface area contributed by atoms with Crippen molar-refractivity contribution in [3.8, 4) is 0 Å². The van der Waals surface area contributed by atoms with Crippen LogP contribution in [0.5, 0.6) is 0 Å². The summed E-state index contributed by atoms with van der Waals surface area (Å²) in [6, 6.07) is 0. The molecule has 0 unspecified atom stereocenters. The van der Waals surface area contributed by atoms with Gasteiger partial charge in [0.25, 0.3) is 11.8 Å². The number of aryl methyl sites for hydroxylation is 1. The number of amides is 2. The van der Waals surface area contributed by atoms with E-state index in [0.717, 1.165) is 36.8 Å². The summed E-state index contributed by atoms with van der Waals surface area (Å²) in [5.41, 5.74) is 2.88. The molecule has 0 aliphatic carbocycles. The highest BCUT2D eigenvalue weighted by Crippen LogP contribution is 2.21. The van der Waals surface area contributed by atoms with E-state index in [1.807, 2.05) is 24.9 Å². The lowest BCUT2D eigenvalue weighted by atomic mass is 10.1. The molecule has 240 valence electrons. The topological polar surface area (TPSA) is 133 Å². The van der Waals surface area contributed by atoms with Crippen LogP contribution in [0.4, 0.5) is 0 Å². The van der Waals surface area contributed by atoms with Crippen LogP contribution in [0.1, 0.15) is 48.1 Å². The van der Waals surface area contributed by atoms with E-state index < -0.39 is 9.84 Å². The van der Waals surface area contributed by atoms with Gasteiger partial charge in [-0.3, -0.25) is 9.59 Å². The normalized spacial score (nSPS) is 11.5. The fourth-order valence-electron chi connectivity index (χ4n) is 3.27. The first-order valence-corrected chi connectivity index (χ1v) is 17.3. The highest BCUT2D eigenvalue weighted by molar-refractivity contribution is 9.11. The van der Waals surface area contributed by atoms with Crippen LogP contribution in [0.15, 0.2) is 53.7 Å². The zero-order valence-corrected chi connectivity index (χ0v) is 30.1. The number of hydrogen-bond acceptors (Lipinski definition) is 5. The maximum atomic E-state index is 12.8. The van der Waals surface area contributed by atoms with Gasteiger partial charge in [-0.25, -0.2) is 8.42 Å². The molecule has 0 aliphatic heterocycles. The molecule has 1 heterocycles. The average molecular weight is 759 g/mol. The number of carbonyl (C=O) groups excluding carboxylic acids is 2. The monoisotopic (exact) mass is 756 g/mol. The third kappa shape index (κ3) is 20.8. The van der Waals surface area contributed by atoms with E-state index in [2.05, 4.69) is 67.9 Å². The predicted molar refractivity (Wildman–Crippen MR) is 178 cm³/mol. The number of aliphatic hydroxyl groups is 1. The van der Waals surface area contributed by atoms with Crippen LogP contribution in [0.3, 0.4) is 0 Å². The van der Waals surface area contributed by atoms with Crippen LogP contribution >= 0.6 is 31.9 Å². The maximum absolute atomic E-state index is 12.8. The number of aromatic amines is 1. The molecule has 1 aromatic rings. The van der Waals surface area contributed by atoms with Crippen LogP contribution in [0, 0.1) is 13.8 Å². The molecule has 1 aromatic heterocycles. The van der Waals surface area contributed by atoms with Crippen LogP contribution < -0.4 is 27.9 Å². The number of allylic oxidation sites excluding steroid dienone is 2. The number of hydrogen-bond donors (Lipinski definition) is 5. The number of quaternary nitrogens is 1. The predicted octanol–water partition coefficient (Wildman–Crippen LogP) is 0.379. The number of alkyl halides is 1. The Hall–Kier alpha value is -1.96. The summed E-state index contributed by atoms with van der Waals surface area (Å²) in [5.74, 6) is -0.714. The standard InChI is InChI=1S/C23H36N4O4S.C3H4Br2.C3H6O.ClH/c1-7-12-24-22(28)19(11-10-15-32(6,30)31)16-20-17(4)21(18(5)26-20)23(29)25-13-14-27(8-2)9-3;4-2-1-3-5;1-2-3-4;/h7,10-12,16,26H,8-9,13-15H2,1-6H3,(H,24,28)(H,25,29);1-2H,3H2;2,4H,1,3H2;1H/b11-10+,12-7+,19-16-;2-1+;;. The van der Waals surface area contributed by atoms with Crippen molar-refractivity contribution in [1.82, 2.24) is 15.6 Å². The van der Waals surface area contributed by atoms with E-state index in [4.69, 9.17) is 5.11 Å². The third-order valence-corrected chi connectivity index (χ3v) is 6.96. The second-order valence-electron chi connectivity index (χ2n) is 8.68. The van der Waals surface area contributed by atoms with E-state index in [1.165, 1.54) is 29.3 Å². The van der Waals surface area contributed by atoms with Crippen LogP contribution in [0.2, 0.25) is 0 Å². The van der Waals surface area contributed by atoms with Gasteiger partial charge >= 0.3 is 0 Å². The Morgan fingerprint density at radius 2 is 1.76 bits per heavy atom. The summed E-state index contributed by atoms with van der Waals surface area (Å²) in [6.07, 6.45) is 12.2.